The van der Waals surface area contributed by atoms with Gasteiger partial charge in [0.05, 0.1) is 17.2 Å². The number of nitrogens with zero attached hydrogens (tertiary/aromatic N) is 3. The van der Waals surface area contributed by atoms with E-state index in [0.717, 1.165) is 12.1 Å². The van der Waals surface area contributed by atoms with E-state index < -0.39 is 39.8 Å². The average molecular weight is 577 g/mol. The zero-order valence-electron chi connectivity index (χ0n) is 20.8. The van der Waals surface area contributed by atoms with Crippen molar-refractivity contribution in [2.75, 3.05) is 16.0 Å². The minimum Gasteiger partial charge on any atom is -0.406 e. The fraction of sp³-hybridized carbons (Fsp3) is 0.160. The second-order valence-corrected chi connectivity index (χ2v) is 10.4. The monoisotopic (exact) mass is 576 g/mol. The number of halogens is 3. The molecule has 3 aromatic rings. The number of guanidine groups is 1. The van der Waals surface area contributed by atoms with Crippen LogP contribution in [0, 0.1) is 5.53 Å². The molecule has 4 N–H and O–H groups in total. The summed E-state index contributed by atoms with van der Waals surface area (Å²) in [5, 5.41) is 5.45. The number of anilines is 2. The summed E-state index contributed by atoms with van der Waals surface area (Å²) in [7, 11) is -3.55. The number of amides is 3. The molecule has 210 valence electrons. The van der Waals surface area contributed by atoms with Crippen molar-refractivity contribution in [1.29, 1.82) is 5.53 Å². The SMILES string of the molecule is CCS(=O)(=O)c1cccc(NC(=O)N(Cc2ccc(C(=O)N=C(N)N=N)cc2)c2ccc(OC(F)(F)F)cc2)c1. The largest absolute Gasteiger partial charge is 0.573 e. The number of carbonyl (C=O) groups excluding carboxylic acids is 2. The van der Waals surface area contributed by atoms with Crippen molar-refractivity contribution < 1.29 is 35.9 Å². The first-order chi connectivity index (χ1) is 18.8. The van der Waals surface area contributed by atoms with Crippen LogP contribution in [-0.4, -0.2) is 38.4 Å². The van der Waals surface area contributed by atoms with Crippen molar-refractivity contribution in [3.8, 4) is 5.75 Å². The Hall–Kier alpha value is -4.79. The number of urea groups is 1. The third-order valence-electron chi connectivity index (χ3n) is 5.32. The second-order valence-electron chi connectivity index (χ2n) is 8.07. The molecule has 0 radical (unpaired) electrons. The molecular weight excluding hydrogens is 553 g/mol. The second kappa shape index (κ2) is 12.4. The molecule has 11 nitrogen and oxygen atoms in total. The predicted octanol–water partition coefficient (Wildman–Crippen LogP) is 5.10. The fourth-order valence-electron chi connectivity index (χ4n) is 3.36. The lowest BCUT2D eigenvalue weighted by Crippen LogP contribution is -2.34. The van der Waals surface area contributed by atoms with Crippen LogP contribution in [0.15, 0.2) is 87.8 Å². The summed E-state index contributed by atoms with van der Waals surface area (Å²) in [6.45, 7) is 1.39. The third kappa shape index (κ3) is 8.10. The van der Waals surface area contributed by atoms with Gasteiger partial charge in [-0.15, -0.1) is 18.3 Å². The summed E-state index contributed by atoms with van der Waals surface area (Å²) < 4.78 is 66.2. The number of nitrogens with two attached hydrogens (primary N) is 1. The topological polar surface area (TPSA) is 167 Å². The van der Waals surface area contributed by atoms with Crippen LogP contribution in [-0.2, 0) is 16.4 Å². The normalized spacial score (nSPS) is 11.9. The molecule has 0 unspecified atom stereocenters. The number of ether oxygens (including phenoxy) is 1. The van der Waals surface area contributed by atoms with Gasteiger partial charge in [-0.05, 0) is 60.2 Å². The zero-order valence-corrected chi connectivity index (χ0v) is 21.7. The summed E-state index contributed by atoms with van der Waals surface area (Å²) in [5.41, 5.74) is 13.1. The van der Waals surface area contributed by atoms with Crippen molar-refractivity contribution in [2.24, 2.45) is 15.8 Å². The standard InChI is InChI=1S/C25H23F3N6O5S/c1-2-40(37,38)21-5-3-4-18(14-21)31-24(36)34(19-10-12-20(13-11-19)39-25(26,27)28)15-16-6-8-17(9-7-16)22(35)32-23(29)33-30/h3-14,30H,2,15H2,1H3,(H,31,36)(H2,29,32,35). The quantitative estimate of drug-likeness (QED) is 0.191. The van der Waals surface area contributed by atoms with Gasteiger partial charge in [0.2, 0.25) is 5.96 Å². The van der Waals surface area contributed by atoms with E-state index in [0.29, 0.717) is 5.56 Å². The maximum Gasteiger partial charge on any atom is 0.573 e. The van der Waals surface area contributed by atoms with E-state index in [-0.39, 0.29) is 34.1 Å². The van der Waals surface area contributed by atoms with Crippen molar-refractivity contribution in [3.05, 3.63) is 83.9 Å². The number of rotatable bonds is 8. The zero-order chi connectivity index (χ0) is 29.5. The molecule has 0 fully saturated rings. The maximum atomic E-state index is 13.3. The van der Waals surface area contributed by atoms with Crippen molar-refractivity contribution in [2.45, 2.75) is 24.7 Å². The number of alkyl halides is 3. The third-order valence-corrected chi connectivity index (χ3v) is 7.06. The van der Waals surface area contributed by atoms with E-state index in [9.17, 15) is 31.2 Å². The van der Waals surface area contributed by atoms with Crippen LogP contribution in [0.5, 0.6) is 5.75 Å². The number of nitrogens with one attached hydrogen (secondary N) is 2. The Morgan fingerprint density at radius 2 is 1.70 bits per heavy atom. The number of carbonyl (C=O) groups is 2. The maximum absolute atomic E-state index is 13.3. The molecule has 0 spiro atoms. The molecule has 0 aliphatic heterocycles. The van der Waals surface area contributed by atoms with Gasteiger partial charge < -0.3 is 15.8 Å². The number of hydrogen-bond donors (Lipinski definition) is 3. The van der Waals surface area contributed by atoms with E-state index in [1.165, 1.54) is 72.5 Å². The average Bonchev–Trinajstić information content (AvgIpc) is 2.91. The van der Waals surface area contributed by atoms with Crippen LogP contribution in [0.2, 0.25) is 0 Å². The van der Waals surface area contributed by atoms with E-state index in [1.54, 1.807) is 0 Å². The summed E-state index contributed by atoms with van der Waals surface area (Å²) in [5.74, 6) is -1.89. The molecule has 0 atom stereocenters. The van der Waals surface area contributed by atoms with Gasteiger partial charge in [0.15, 0.2) is 9.84 Å². The van der Waals surface area contributed by atoms with E-state index in [2.05, 4.69) is 20.2 Å². The van der Waals surface area contributed by atoms with Crippen LogP contribution in [0.3, 0.4) is 0 Å². The molecule has 0 heterocycles. The minimum atomic E-state index is -4.90. The Labute approximate surface area is 226 Å². The Kier molecular flexibility index (Phi) is 9.21. The first kappa shape index (κ1) is 29.8. The Balaban J connectivity index is 1.91. The summed E-state index contributed by atoms with van der Waals surface area (Å²) in [6, 6.07) is 15.4. The van der Waals surface area contributed by atoms with Gasteiger partial charge in [-0.3, -0.25) is 9.69 Å². The van der Waals surface area contributed by atoms with Gasteiger partial charge in [0, 0.05) is 16.9 Å². The van der Waals surface area contributed by atoms with Crippen LogP contribution < -0.4 is 20.7 Å². The van der Waals surface area contributed by atoms with Crippen LogP contribution >= 0.6 is 0 Å². The lowest BCUT2D eigenvalue weighted by Gasteiger charge is -2.24. The van der Waals surface area contributed by atoms with Gasteiger partial charge in [0.25, 0.3) is 5.91 Å². The first-order valence-electron chi connectivity index (χ1n) is 11.4. The number of benzene rings is 3. The Morgan fingerprint density at radius 1 is 1.05 bits per heavy atom. The lowest BCUT2D eigenvalue weighted by atomic mass is 10.1. The molecule has 0 aliphatic rings. The Bertz CT molecular complexity index is 1530. The highest BCUT2D eigenvalue weighted by Gasteiger charge is 2.31. The van der Waals surface area contributed by atoms with Crippen LogP contribution in [0.1, 0.15) is 22.8 Å². The van der Waals surface area contributed by atoms with Gasteiger partial charge >= 0.3 is 12.4 Å². The lowest BCUT2D eigenvalue weighted by molar-refractivity contribution is -0.274. The van der Waals surface area contributed by atoms with Gasteiger partial charge in [-0.25, -0.2) is 18.7 Å². The van der Waals surface area contributed by atoms with E-state index in [1.807, 2.05) is 0 Å². The molecule has 15 heteroatoms. The van der Waals surface area contributed by atoms with Crippen molar-refractivity contribution in [1.82, 2.24) is 0 Å². The summed E-state index contributed by atoms with van der Waals surface area (Å²) >= 11 is 0. The highest BCUT2D eigenvalue weighted by Crippen LogP contribution is 2.27. The molecule has 3 aromatic carbocycles. The van der Waals surface area contributed by atoms with E-state index in [4.69, 9.17) is 11.3 Å². The van der Waals surface area contributed by atoms with Crippen molar-refractivity contribution >= 4 is 39.1 Å². The molecule has 3 amide bonds. The number of sulfone groups is 1. The molecule has 40 heavy (non-hydrogen) atoms. The molecule has 0 bridgehead atoms. The smallest absolute Gasteiger partial charge is 0.406 e. The molecule has 0 saturated heterocycles. The van der Waals surface area contributed by atoms with E-state index >= 15 is 0 Å². The first-order valence-corrected chi connectivity index (χ1v) is 13.1. The van der Waals surface area contributed by atoms with Crippen LogP contribution in [0.25, 0.3) is 0 Å². The molecule has 3 rings (SSSR count). The van der Waals surface area contributed by atoms with Crippen LogP contribution in [0.4, 0.5) is 29.3 Å². The summed E-state index contributed by atoms with van der Waals surface area (Å²) in [6.07, 6.45) is -4.90. The molecule has 0 aliphatic carbocycles. The highest BCUT2D eigenvalue weighted by atomic mass is 32.2. The Morgan fingerprint density at radius 3 is 2.27 bits per heavy atom. The fourth-order valence-corrected chi connectivity index (χ4v) is 4.29. The number of hydrogen-bond acceptors (Lipinski definition) is 6. The highest BCUT2D eigenvalue weighted by molar-refractivity contribution is 7.91. The number of aliphatic imine (C=N–C) groups is 1. The molecule has 0 saturated carbocycles. The van der Waals surface area contributed by atoms with Gasteiger partial charge in [-0.2, -0.15) is 4.99 Å². The minimum absolute atomic E-state index is 0.00905. The van der Waals surface area contributed by atoms with Crippen molar-refractivity contribution in [3.63, 3.8) is 0 Å². The summed E-state index contributed by atoms with van der Waals surface area (Å²) in [4.78, 5) is 30.1. The molecule has 0 aromatic heterocycles. The predicted molar refractivity (Wildman–Crippen MR) is 140 cm³/mol. The van der Waals surface area contributed by atoms with Gasteiger partial charge in [0.1, 0.15) is 5.75 Å². The molecular formula is C25H23F3N6O5S. The van der Waals surface area contributed by atoms with Gasteiger partial charge in [-0.1, -0.05) is 25.1 Å².